The highest BCUT2D eigenvalue weighted by molar-refractivity contribution is 5.79. The van der Waals surface area contributed by atoms with E-state index in [9.17, 15) is 9.18 Å². The molecule has 148 valence electrons. The molecule has 4 rings (SSSR count). The molecular formula is C21H21FN6O. The molecule has 29 heavy (non-hydrogen) atoms. The molecule has 0 saturated carbocycles. The zero-order valence-corrected chi connectivity index (χ0v) is 15.8. The highest BCUT2D eigenvalue weighted by Crippen LogP contribution is 2.17. The average molecular weight is 392 g/mol. The van der Waals surface area contributed by atoms with E-state index in [0.29, 0.717) is 37.6 Å². The largest absolute Gasteiger partial charge is 0.352 e. The van der Waals surface area contributed by atoms with Crippen molar-refractivity contribution < 1.29 is 9.18 Å². The summed E-state index contributed by atoms with van der Waals surface area (Å²) in [6.45, 7) is 2.47. The first kappa shape index (κ1) is 18.8. The summed E-state index contributed by atoms with van der Waals surface area (Å²) in [5.41, 5.74) is 1.28. The Morgan fingerprint density at radius 3 is 2.52 bits per heavy atom. The molecule has 0 aliphatic carbocycles. The summed E-state index contributed by atoms with van der Waals surface area (Å²) >= 11 is 0. The fourth-order valence-electron chi connectivity index (χ4n) is 3.25. The number of nitrogens with zero attached hydrogens (tertiary/aromatic N) is 5. The lowest BCUT2D eigenvalue weighted by atomic mass is 10.1. The molecule has 3 heterocycles. The van der Waals surface area contributed by atoms with Crippen molar-refractivity contribution in [1.82, 2.24) is 20.1 Å². The Labute approximate surface area is 168 Å². The van der Waals surface area contributed by atoms with E-state index < -0.39 is 0 Å². The number of anilines is 3. The van der Waals surface area contributed by atoms with E-state index >= 15 is 0 Å². The van der Waals surface area contributed by atoms with Gasteiger partial charge in [-0.15, -0.1) is 10.2 Å². The molecule has 1 amide bonds. The number of halogens is 1. The number of nitrogens with one attached hydrogen (secondary N) is 1. The molecule has 0 radical (unpaired) electrons. The van der Waals surface area contributed by atoms with Crippen molar-refractivity contribution in [2.24, 2.45) is 0 Å². The van der Waals surface area contributed by atoms with Gasteiger partial charge < -0.3 is 15.1 Å². The van der Waals surface area contributed by atoms with Crippen LogP contribution in [-0.2, 0) is 11.2 Å². The van der Waals surface area contributed by atoms with E-state index in [-0.39, 0.29) is 18.1 Å². The third-order valence-corrected chi connectivity index (χ3v) is 4.84. The summed E-state index contributed by atoms with van der Waals surface area (Å²) in [5, 5.41) is 11.6. The summed E-state index contributed by atoms with van der Waals surface area (Å²) in [6, 6.07) is 13.9. The molecule has 0 unspecified atom stereocenters. The number of pyridine rings is 1. The average Bonchev–Trinajstić information content (AvgIpc) is 2.77. The lowest BCUT2D eigenvalue weighted by Gasteiger charge is -2.35. The number of hydrogen-bond donors (Lipinski definition) is 1. The minimum atomic E-state index is -0.338. The van der Waals surface area contributed by atoms with Crippen LogP contribution in [0.25, 0.3) is 0 Å². The van der Waals surface area contributed by atoms with Gasteiger partial charge in [-0.2, -0.15) is 0 Å². The molecule has 1 N–H and O–H groups in total. The highest BCUT2D eigenvalue weighted by Gasteiger charge is 2.22. The smallest absolute Gasteiger partial charge is 0.227 e. The Hall–Kier alpha value is -3.55. The summed E-state index contributed by atoms with van der Waals surface area (Å²) in [6.07, 6.45) is 3.51. The van der Waals surface area contributed by atoms with Crippen molar-refractivity contribution in [1.29, 1.82) is 0 Å². The summed E-state index contributed by atoms with van der Waals surface area (Å²) in [7, 11) is 0. The van der Waals surface area contributed by atoms with Gasteiger partial charge >= 0.3 is 0 Å². The topological polar surface area (TPSA) is 74.2 Å². The molecule has 0 spiro atoms. The second-order valence-corrected chi connectivity index (χ2v) is 6.78. The second kappa shape index (κ2) is 8.64. The van der Waals surface area contributed by atoms with Gasteiger partial charge in [0.25, 0.3) is 0 Å². The molecule has 7 nitrogen and oxygen atoms in total. The molecule has 0 atom stereocenters. The van der Waals surface area contributed by atoms with Crippen LogP contribution in [0.5, 0.6) is 0 Å². The third kappa shape index (κ3) is 4.66. The Kier molecular flexibility index (Phi) is 5.60. The molecule has 1 aliphatic rings. The van der Waals surface area contributed by atoms with Gasteiger partial charge in [0.15, 0.2) is 11.6 Å². The predicted molar refractivity (Wildman–Crippen MR) is 108 cm³/mol. The first-order valence-electron chi connectivity index (χ1n) is 9.46. The molecule has 2 aromatic heterocycles. The molecule has 1 aromatic carbocycles. The van der Waals surface area contributed by atoms with Gasteiger partial charge in [0.05, 0.1) is 18.3 Å². The number of hydrogen-bond acceptors (Lipinski definition) is 6. The van der Waals surface area contributed by atoms with Gasteiger partial charge in [-0.1, -0.05) is 18.2 Å². The number of carbonyl (C=O) groups excluding carboxylic acids is 1. The zero-order chi connectivity index (χ0) is 20.1. The van der Waals surface area contributed by atoms with Crippen LogP contribution in [0.1, 0.15) is 5.56 Å². The summed E-state index contributed by atoms with van der Waals surface area (Å²) < 4.78 is 13.8. The quantitative estimate of drug-likeness (QED) is 0.720. The van der Waals surface area contributed by atoms with Crippen LogP contribution in [0.2, 0.25) is 0 Å². The summed E-state index contributed by atoms with van der Waals surface area (Å²) in [5.74, 6) is 1.01. The van der Waals surface area contributed by atoms with E-state index in [2.05, 4.69) is 25.4 Å². The normalized spacial score (nSPS) is 14.0. The standard InChI is InChI=1S/C21H21FN6O/c22-18-6-2-1-4-16(18)14-21(29)28-12-10-27(11-13-28)20-8-7-19(25-26-20)24-17-5-3-9-23-15-17/h1-9,15H,10-14H2,(H,24,25). The van der Waals surface area contributed by atoms with E-state index in [4.69, 9.17) is 0 Å². The fourth-order valence-corrected chi connectivity index (χ4v) is 3.25. The number of piperazine rings is 1. The minimum Gasteiger partial charge on any atom is -0.352 e. The van der Waals surface area contributed by atoms with E-state index in [0.717, 1.165) is 11.5 Å². The molecule has 1 fully saturated rings. The number of rotatable bonds is 5. The van der Waals surface area contributed by atoms with Crippen molar-refractivity contribution in [2.75, 3.05) is 36.4 Å². The zero-order valence-electron chi connectivity index (χ0n) is 15.8. The number of aromatic nitrogens is 3. The molecule has 1 aliphatic heterocycles. The minimum absolute atomic E-state index is 0.0585. The van der Waals surface area contributed by atoms with E-state index in [1.165, 1.54) is 6.07 Å². The van der Waals surface area contributed by atoms with Crippen molar-refractivity contribution >= 4 is 23.2 Å². The maximum Gasteiger partial charge on any atom is 0.227 e. The monoisotopic (exact) mass is 392 g/mol. The highest BCUT2D eigenvalue weighted by atomic mass is 19.1. The van der Waals surface area contributed by atoms with Crippen LogP contribution in [0.4, 0.5) is 21.7 Å². The Morgan fingerprint density at radius 2 is 1.83 bits per heavy atom. The van der Waals surface area contributed by atoms with Crippen molar-refractivity contribution in [3.05, 3.63) is 72.3 Å². The fraction of sp³-hybridized carbons (Fsp3) is 0.238. The lowest BCUT2D eigenvalue weighted by Crippen LogP contribution is -2.49. The van der Waals surface area contributed by atoms with E-state index in [1.54, 1.807) is 35.5 Å². The van der Waals surface area contributed by atoms with Gasteiger partial charge in [-0.25, -0.2) is 4.39 Å². The van der Waals surface area contributed by atoms with Gasteiger partial charge in [0, 0.05) is 32.4 Å². The predicted octanol–water partition coefficient (Wildman–Crippen LogP) is 2.65. The third-order valence-electron chi connectivity index (χ3n) is 4.84. The number of amides is 1. The molecule has 1 saturated heterocycles. The van der Waals surface area contributed by atoms with Crippen LogP contribution in [0, 0.1) is 5.82 Å². The molecular weight excluding hydrogens is 371 g/mol. The van der Waals surface area contributed by atoms with Crippen LogP contribution < -0.4 is 10.2 Å². The molecule has 3 aromatic rings. The SMILES string of the molecule is O=C(Cc1ccccc1F)N1CCN(c2ccc(Nc3cccnc3)nn2)CC1. The van der Waals surface area contributed by atoms with Crippen molar-refractivity contribution in [2.45, 2.75) is 6.42 Å². The second-order valence-electron chi connectivity index (χ2n) is 6.78. The number of carbonyl (C=O) groups is 1. The van der Waals surface area contributed by atoms with Crippen LogP contribution >= 0.6 is 0 Å². The van der Waals surface area contributed by atoms with Crippen LogP contribution in [0.3, 0.4) is 0 Å². The Bertz CT molecular complexity index is 958. The van der Waals surface area contributed by atoms with Crippen LogP contribution in [-0.4, -0.2) is 52.2 Å². The van der Waals surface area contributed by atoms with E-state index in [1.807, 2.05) is 24.3 Å². The first-order chi connectivity index (χ1) is 14.2. The van der Waals surface area contributed by atoms with Gasteiger partial charge in [-0.05, 0) is 35.9 Å². The lowest BCUT2D eigenvalue weighted by molar-refractivity contribution is -0.130. The molecule has 8 heteroatoms. The Morgan fingerprint density at radius 1 is 1.00 bits per heavy atom. The maximum atomic E-state index is 13.8. The first-order valence-corrected chi connectivity index (χ1v) is 9.46. The van der Waals surface area contributed by atoms with Gasteiger partial charge in [0.2, 0.25) is 5.91 Å². The Balaban J connectivity index is 1.31. The number of benzene rings is 1. The van der Waals surface area contributed by atoms with Crippen molar-refractivity contribution in [3.63, 3.8) is 0 Å². The van der Waals surface area contributed by atoms with Crippen LogP contribution in [0.15, 0.2) is 60.9 Å². The molecule has 0 bridgehead atoms. The summed E-state index contributed by atoms with van der Waals surface area (Å²) in [4.78, 5) is 20.4. The van der Waals surface area contributed by atoms with Gasteiger partial charge in [0.1, 0.15) is 5.82 Å². The van der Waals surface area contributed by atoms with Crippen molar-refractivity contribution in [3.8, 4) is 0 Å². The van der Waals surface area contributed by atoms with Gasteiger partial charge in [-0.3, -0.25) is 9.78 Å². The maximum absolute atomic E-state index is 13.8.